The van der Waals surface area contributed by atoms with E-state index in [0.29, 0.717) is 0 Å². The lowest BCUT2D eigenvalue weighted by Crippen LogP contribution is -2.30. The number of anilines is 1. The van der Waals surface area contributed by atoms with E-state index in [0.717, 1.165) is 41.9 Å². The van der Waals surface area contributed by atoms with E-state index in [2.05, 4.69) is 41.3 Å². The van der Waals surface area contributed by atoms with Crippen LogP contribution < -0.4 is 9.64 Å². The van der Waals surface area contributed by atoms with Crippen LogP contribution in [0.1, 0.15) is 12.8 Å². The van der Waals surface area contributed by atoms with Gasteiger partial charge in [-0.05, 0) is 49.2 Å². The molecule has 1 unspecified atom stereocenters. The Labute approximate surface area is 148 Å². The topological polar surface area (TPSA) is 34.6 Å². The van der Waals surface area contributed by atoms with Crippen molar-refractivity contribution in [3.05, 3.63) is 54.6 Å². The van der Waals surface area contributed by atoms with E-state index in [-0.39, 0.29) is 6.23 Å². The van der Waals surface area contributed by atoms with Crippen LogP contribution >= 0.6 is 0 Å². The number of hydrogen-bond donors (Lipinski definition) is 0. The number of rotatable bonds is 4. The summed E-state index contributed by atoms with van der Waals surface area (Å²) >= 11 is 0. The predicted octanol–water partition coefficient (Wildman–Crippen LogP) is 4.48. The maximum absolute atomic E-state index is 5.69. The van der Waals surface area contributed by atoms with Crippen molar-refractivity contribution in [1.29, 1.82) is 0 Å². The molecule has 1 aromatic heterocycles. The summed E-state index contributed by atoms with van der Waals surface area (Å²) in [6, 6.07) is 18.5. The second kappa shape index (κ2) is 6.73. The monoisotopic (exact) mass is 334 g/mol. The number of fused-ring (bicyclic) bond motifs is 1. The van der Waals surface area contributed by atoms with Crippen molar-refractivity contribution in [2.24, 2.45) is 0 Å². The standard InChI is InChI=1S/C21H22N2O2/c1-24-16-11-9-15(10-12-16)19-14-20(23-13-5-8-21(23)25-2)17-6-3-4-7-18(17)22-19/h3-4,6-7,9-12,14,21H,5,8,13H2,1-2H3. The Kier molecular flexibility index (Phi) is 4.28. The van der Waals surface area contributed by atoms with E-state index in [1.54, 1.807) is 14.2 Å². The lowest BCUT2D eigenvalue weighted by Gasteiger charge is -2.27. The van der Waals surface area contributed by atoms with Crippen molar-refractivity contribution in [3.8, 4) is 17.0 Å². The highest BCUT2D eigenvalue weighted by atomic mass is 16.5. The van der Waals surface area contributed by atoms with Crippen LogP contribution in [0.15, 0.2) is 54.6 Å². The summed E-state index contributed by atoms with van der Waals surface area (Å²) in [6.45, 7) is 1.01. The third-order valence-corrected chi connectivity index (χ3v) is 4.86. The average molecular weight is 334 g/mol. The summed E-state index contributed by atoms with van der Waals surface area (Å²) in [6.07, 6.45) is 2.34. The smallest absolute Gasteiger partial charge is 0.129 e. The quantitative estimate of drug-likeness (QED) is 0.704. The lowest BCUT2D eigenvalue weighted by atomic mass is 10.1. The molecular formula is C21H22N2O2. The molecule has 1 fully saturated rings. The first-order chi connectivity index (χ1) is 12.3. The number of nitrogens with zero attached hydrogens (tertiary/aromatic N) is 2. The normalized spacial score (nSPS) is 17.2. The Bertz CT molecular complexity index is 877. The maximum atomic E-state index is 5.69. The molecule has 0 radical (unpaired) electrons. The van der Waals surface area contributed by atoms with Gasteiger partial charge in [-0.15, -0.1) is 0 Å². The van der Waals surface area contributed by atoms with Gasteiger partial charge < -0.3 is 14.4 Å². The first kappa shape index (κ1) is 15.9. The second-order valence-electron chi connectivity index (χ2n) is 6.30. The summed E-state index contributed by atoms with van der Waals surface area (Å²) in [5.41, 5.74) is 4.26. The van der Waals surface area contributed by atoms with Crippen LogP contribution in [0.2, 0.25) is 0 Å². The molecular weight excluding hydrogens is 312 g/mol. The first-order valence-corrected chi connectivity index (χ1v) is 8.64. The zero-order valence-corrected chi connectivity index (χ0v) is 14.6. The average Bonchev–Trinajstić information content (AvgIpc) is 3.16. The van der Waals surface area contributed by atoms with Crippen molar-refractivity contribution in [1.82, 2.24) is 4.98 Å². The molecule has 0 amide bonds. The predicted molar refractivity (Wildman–Crippen MR) is 101 cm³/mol. The van der Waals surface area contributed by atoms with Gasteiger partial charge in [0, 0.05) is 24.6 Å². The van der Waals surface area contributed by atoms with Gasteiger partial charge in [0.1, 0.15) is 12.0 Å². The van der Waals surface area contributed by atoms with Gasteiger partial charge in [-0.25, -0.2) is 4.98 Å². The highest BCUT2D eigenvalue weighted by molar-refractivity contribution is 5.94. The Morgan fingerprint density at radius 1 is 1.04 bits per heavy atom. The van der Waals surface area contributed by atoms with E-state index in [9.17, 15) is 0 Å². The highest BCUT2D eigenvalue weighted by Crippen LogP contribution is 2.35. The van der Waals surface area contributed by atoms with Gasteiger partial charge in [-0.3, -0.25) is 0 Å². The van der Waals surface area contributed by atoms with Crippen LogP contribution in [-0.4, -0.2) is 32.0 Å². The molecule has 3 aromatic rings. The molecule has 0 N–H and O–H groups in total. The van der Waals surface area contributed by atoms with Gasteiger partial charge in [0.2, 0.25) is 0 Å². The fourth-order valence-electron chi connectivity index (χ4n) is 3.56. The van der Waals surface area contributed by atoms with Crippen LogP contribution in [0.5, 0.6) is 5.75 Å². The molecule has 0 spiro atoms. The zero-order chi connectivity index (χ0) is 17.2. The number of methoxy groups -OCH3 is 2. The molecule has 128 valence electrons. The minimum atomic E-state index is 0.134. The molecule has 4 rings (SSSR count). The molecule has 0 bridgehead atoms. The molecule has 1 aliphatic heterocycles. The number of pyridine rings is 1. The SMILES string of the molecule is COc1ccc(-c2cc(N3CCCC3OC)c3ccccc3n2)cc1. The third-order valence-electron chi connectivity index (χ3n) is 4.86. The van der Waals surface area contributed by atoms with Gasteiger partial charge in [0.25, 0.3) is 0 Å². The van der Waals surface area contributed by atoms with Crippen molar-refractivity contribution >= 4 is 16.6 Å². The number of para-hydroxylation sites is 1. The van der Waals surface area contributed by atoms with Gasteiger partial charge in [-0.2, -0.15) is 0 Å². The van der Waals surface area contributed by atoms with Crippen LogP contribution in [0.4, 0.5) is 5.69 Å². The first-order valence-electron chi connectivity index (χ1n) is 8.64. The third kappa shape index (κ3) is 2.94. The fourth-order valence-corrected chi connectivity index (χ4v) is 3.56. The molecule has 25 heavy (non-hydrogen) atoms. The van der Waals surface area contributed by atoms with E-state index in [1.165, 1.54) is 11.1 Å². The lowest BCUT2D eigenvalue weighted by molar-refractivity contribution is 0.111. The Hall–Kier alpha value is -2.59. The van der Waals surface area contributed by atoms with Crippen LogP contribution in [0.3, 0.4) is 0 Å². The minimum absolute atomic E-state index is 0.134. The Morgan fingerprint density at radius 2 is 1.84 bits per heavy atom. The van der Waals surface area contributed by atoms with Crippen molar-refractivity contribution in [2.45, 2.75) is 19.1 Å². The van der Waals surface area contributed by atoms with E-state index < -0.39 is 0 Å². The van der Waals surface area contributed by atoms with Gasteiger partial charge in [-0.1, -0.05) is 18.2 Å². The van der Waals surface area contributed by atoms with Crippen molar-refractivity contribution in [2.75, 3.05) is 25.7 Å². The number of hydrogen-bond acceptors (Lipinski definition) is 4. The highest BCUT2D eigenvalue weighted by Gasteiger charge is 2.26. The molecule has 1 atom stereocenters. The summed E-state index contributed by atoms with van der Waals surface area (Å²) in [4.78, 5) is 7.23. The summed E-state index contributed by atoms with van der Waals surface area (Å²) < 4.78 is 11.0. The van der Waals surface area contributed by atoms with E-state index in [4.69, 9.17) is 14.5 Å². The summed E-state index contributed by atoms with van der Waals surface area (Å²) in [7, 11) is 3.47. The molecule has 0 aliphatic carbocycles. The zero-order valence-electron chi connectivity index (χ0n) is 14.6. The number of benzene rings is 2. The maximum Gasteiger partial charge on any atom is 0.129 e. The molecule has 0 saturated carbocycles. The molecule has 1 saturated heterocycles. The molecule has 4 nitrogen and oxygen atoms in total. The Morgan fingerprint density at radius 3 is 2.60 bits per heavy atom. The number of aromatic nitrogens is 1. The minimum Gasteiger partial charge on any atom is -0.497 e. The second-order valence-corrected chi connectivity index (χ2v) is 6.30. The van der Waals surface area contributed by atoms with Crippen LogP contribution in [0.25, 0.3) is 22.2 Å². The van der Waals surface area contributed by atoms with Crippen molar-refractivity contribution in [3.63, 3.8) is 0 Å². The summed E-state index contributed by atoms with van der Waals surface area (Å²) in [5.74, 6) is 0.851. The number of ether oxygens (including phenoxy) is 2. The van der Waals surface area contributed by atoms with Gasteiger partial charge in [0.15, 0.2) is 0 Å². The fraction of sp³-hybridized carbons (Fsp3) is 0.286. The molecule has 4 heteroatoms. The van der Waals surface area contributed by atoms with Crippen LogP contribution in [0, 0.1) is 0 Å². The molecule has 1 aliphatic rings. The van der Waals surface area contributed by atoms with Gasteiger partial charge in [0.05, 0.1) is 24.0 Å². The van der Waals surface area contributed by atoms with Crippen LogP contribution in [-0.2, 0) is 4.74 Å². The molecule has 2 aromatic carbocycles. The molecule has 2 heterocycles. The van der Waals surface area contributed by atoms with E-state index in [1.807, 2.05) is 18.2 Å². The van der Waals surface area contributed by atoms with Crippen molar-refractivity contribution < 1.29 is 9.47 Å². The van der Waals surface area contributed by atoms with Gasteiger partial charge >= 0.3 is 0 Å². The van der Waals surface area contributed by atoms with E-state index >= 15 is 0 Å². The summed E-state index contributed by atoms with van der Waals surface area (Å²) in [5, 5.41) is 1.17. The Balaban J connectivity index is 1.85. The largest absolute Gasteiger partial charge is 0.497 e.